The second kappa shape index (κ2) is 9.73. The van der Waals surface area contributed by atoms with Gasteiger partial charge in [-0.15, -0.1) is 0 Å². The molecule has 134 valence electrons. The summed E-state index contributed by atoms with van der Waals surface area (Å²) in [7, 11) is 0. The SMILES string of the molecule is CCCCC1=[C]([Zr+2][CH]2C(C)=Cc3c(C)cc(C)cc32)C(C)=CC1.[Cl-].[Cl-]. The Hall–Kier alpha value is -0.0969. The quantitative estimate of drug-likeness (QED) is 0.613. The van der Waals surface area contributed by atoms with Gasteiger partial charge in [-0.05, 0) is 0 Å². The maximum absolute atomic E-state index is 2.48. The summed E-state index contributed by atoms with van der Waals surface area (Å²) in [5, 5.41) is 0. The molecule has 1 aromatic rings. The van der Waals surface area contributed by atoms with Gasteiger partial charge in [0.25, 0.3) is 0 Å². The number of benzene rings is 1. The van der Waals surface area contributed by atoms with Crippen LogP contribution in [0.4, 0.5) is 0 Å². The molecule has 0 spiro atoms. The Balaban J connectivity index is 0.00000156. The van der Waals surface area contributed by atoms with E-state index < -0.39 is 23.2 Å². The Morgan fingerprint density at radius 1 is 1.08 bits per heavy atom. The van der Waals surface area contributed by atoms with Gasteiger partial charge in [-0.25, -0.2) is 0 Å². The average molecular weight is 455 g/mol. The van der Waals surface area contributed by atoms with Gasteiger partial charge in [0.05, 0.1) is 0 Å². The number of aryl methyl sites for hydroxylation is 2. The van der Waals surface area contributed by atoms with Crippen molar-refractivity contribution in [1.29, 1.82) is 0 Å². The van der Waals surface area contributed by atoms with Gasteiger partial charge in [-0.3, -0.25) is 0 Å². The first kappa shape index (κ1) is 22.9. The van der Waals surface area contributed by atoms with E-state index in [0.29, 0.717) is 0 Å². The largest absolute Gasteiger partial charge is 1.00 e. The Labute approximate surface area is 177 Å². The zero-order chi connectivity index (χ0) is 16.6. The number of unbranched alkanes of at least 4 members (excludes halogenated alkanes) is 1. The summed E-state index contributed by atoms with van der Waals surface area (Å²) >= 11 is -0.639. The molecule has 0 nitrogen and oxygen atoms in total. The third-order valence-corrected chi connectivity index (χ3v) is 10.4. The van der Waals surface area contributed by atoms with Gasteiger partial charge in [-0.2, -0.15) is 0 Å². The molecule has 0 saturated heterocycles. The summed E-state index contributed by atoms with van der Waals surface area (Å²) in [4.78, 5) is 0. The van der Waals surface area contributed by atoms with Gasteiger partial charge < -0.3 is 24.8 Å². The number of fused-ring (bicyclic) bond motifs is 1. The van der Waals surface area contributed by atoms with Crippen LogP contribution in [-0.4, -0.2) is 0 Å². The molecule has 1 unspecified atom stereocenters. The minimum atomic E-state index is -0.639. The molecule has 3 rings (SSSR count). The maximum atomic E-state index is 2.48. The van der Waals surface area contributed by atoms with E-state index in [0.717, 1.165) is 3.63 Å². The molecule has 0 aliphatic heterocycles. The molecular weight excluding hydrogens is 426 g/mol. The Morgan fingerprint density at radius 3 is 2.48 bits per heavy atom. The Bertz CT molecular complexity index is 726. The number of hydrogen-bond donors (Lipinski definition) is 0. The third kappa shape index (κ3) is 4.80. The average Bonchev–Trinajstić information content (AvgIpc) is 3.00. The predicted molar refractivity (Wildman–Crippen MR) is 97.2 cm³/mol. The minimum Gasteiger partial charge on any atom is -1.00 e. The first-order valence-electron chi connectivity index (χ1n) is 8.96. The Morgan fingerprint density at radius 2 is 1.80 bits per heavy atom. The van der Waals surface area contributed by atoms with E-state index in [9.17, 15) is 0 Å². The summed E-state index contributed by atoms with van der Waals surface area (Å²) < 4.78 is 2.58. The van der Waals surface area contributed by atoms with Crippen molar-refractivity contribution in [2.45, 2.75) is 63.9 Å². The van der Waals surface area contributed by atoms with Gasteiger partial charge in [0, 0.05) is 0 Å². The number of halogens is 2. The molecular formula is C22H28Cl2Zr. The zero-order valence-corrected chi connectivity index (χ0v) is 19.9. The van der Waals surface area contributed by atoms with E-state index in [1.807, 2.05) is 3.28 Å². The van der Waals surface area contributed by atoms with Crippen molar-refractivity contribution >= 4 is 6.08 Å². The fourth-order valence-electron chi connectivity index (χ4n) is 3.93. The second-order valence-electron chi connectivity index (χ2n) is 7.22. The summed E-state index contributed by atoms with van der Waals surface area (Å²) in [6.45, 7) is 11.5. The minimum absolute atomic E-state index is 0. The fourth-order valence-corrected chi connectivity index (χ4v) is 8.25. The van der Waals surface area contributed by atoms with Crippen LogP contribution >= 0.6 is 0 Å². The van der Waals surface area contributed by atoms with Gasteiger partial charge in [0.15, 0.2) is 0 Å². The van der Waals surface area contributed by atoms with Crippen molar-refractivity contribution < 1.29 is 48.0 Å². The smallest absolute Gasteiger partial charge is 1.00 e. The van der Waals surface area contributed by atoms with Crippen molar-refractivity contribution in [3.63, 3.8) is 0 Å². The van der Waals surface area contributed by atoms with E-state index in [1.54, 1.807) is 22.3 Å². The molecule has 2 aliphatic carbocycles. The van der Waals surface area contributed by atoms with E-state index in [4.69, 9.17) is 0 Å². The summed E-state index contributed by atoms with van der Waals surface area (Å²) in [5.41, 5.74) is 11.0. The van der Waals surface area contributed by atoms with Gasteiger partial charge in [-0.1, -0.05) is 0 Å². The van der Waals surface area contributed by atoms with Gasteiger partial charge in [0.2, 0.25) is 0 Å². The first-order chi connectivity index (χ1) is 11.0. The standard InChI is InChI=1S/C12H13.C10H15.2ClH.Zr/c1-8-4-10(3)12-7-9(2)6-11(12)5-8;1-3-4-5-10-7-6-9(2)8-10;;;/h4-7H,1-3H3;6H,3-5,7H2,1-2H3;2*1H;/q;;;;+2/p-2. The monoisotopic (exact) mass is 452 g/mol. The molecule has 0 saturated carbocycles. The second-order valence-corrected chi connectivity index (χ2v) is 10.6. The molecule has 0 amide bonds. The van der Waals surface area contributed by atoms with E-state index in [2.05, 4.69) is 58.9 Å². The summed E-state index contributed by atoms with van der Waals surface area (Å²) in [6.07, 6.45) is 10.2. The molecule has 0 fully saturated rings. The molecule has 0 heterocycles. The number of rotatable bonds is 5. The summed E-state index contributed by atoms with van der Waals surface area (Å²) in [6, 6.07) is 4.80. The molecule has 1 aromatic carbocycles. The van der Waals surface area contributed by atoms with Crippen molar-refractivity contribution in [3.8, 4) is 0 Å². The van der Waals surface area contributed by atoms with Gasteiger partial charge >= 0.3 is 154 Å². The zero-order valence-electron chi connectivity index (χ0n) is 16.0. The van der Waals surface area contributed by atoms with Crippen LogP contribution in [0, 0.1) is 13.8 Å². The van der Waals surface area contributed by atoms with Crippen LogP contribution in [0.5, 0.6) is 0 Å². The van der Waals surface area contributed by atoms with Crippen molar-refractivity contribution in [1.82, 2.24) is 0 Å². The molecule has 0 N–H and O–H groups in total. The predicted octanol–water partition coefficient (Wildman–Crippen LogP) is 0.646. The van der Waals surface area contributed by atoms with E-state index in [1.165, 1.54) is 42.4 Å². The molecule has 25 heavy (non-hydrogen) atoms. The van der Waals surface area contributed by atoms with Crippen LogP contribution in [0.2, 0.25) is 0 Å². The van der Waals surface area contributed by atoms with Crippen molar-refractivity contribution in [3.05, 3.63) is 60.5 Å². The molecule has 3 heteroatoms. The van der Waals surface area contributed by atoms with Crippen LogP contribution in [0.25, 0.3) is 6.08 Å². The van der Waals surface area contributed by atoms with Crippen LogP contribution in [0.1, 0.15) is 72.3 Å². The topological polar surface area (TPSA) is 0 Å². The molecule has 2 aliphatic rings. The first-order valence-corrected chi connectivity index (χ1v) is 11.6. The van der Waals surface area contributed by atoms with Crippen LogP contribution in [0.3, 0.4) is 0 Å². The molecule has 1 atom stereocenters. The van der Waals surface area contributed by atoms with Gasteiger partial charge in [0.1, 0.15) is 0 Å². The normalized spacial score (nSPS) is 18.0. The Kier molecular flexibility index (Phi) is 8.93. The molecule has 0 radical (unpaired) electrons. The van der Waals surface area contributed by atoms with Crippen LogP contribution in [0.15, 0.2) is 38.2 Å². The van der Waals surface area contributed by atoms with Crippen LogP contribution in [-0.2, 0) is 23.2 Å². The van der Waals surface area contributed by atoms with E-state index >= 15 is 0 Å². The number of hydrogen-bond acceptors (Lipinski definition) is 0. The third-order valence-electron chi connectivity index (χ3n) is 5.22. The van der Waals surface area contributed by atoms with E-state index in [-0.39, 0.29) is 24.8 Å². The number of allylic oxidation sites excluding steroid dienone is 5. The van der Waals surface area contributed by atoms with Crippen LogP contribution < -0.4 is 24.8 Å². The molecule has 0 bridgehead atoms. The molecule has 0 aromatic heterocycles. The maximum Gasteiger partial charge on any atom is -1.00 e. The van der Waals surface area contributed by atoms with Crippen molar-refractivity contribution in [2.75, 3.05) is 0 Å². The fraction of sp³-hybridized carbons (Fsp3) is 0.455. The summed E-state index contributed by atoms with van der Waals surface area (Å²) in [5.74, 6) is 0. The van der Waals surface area contributed by atoms with Crippen molar-refractivity contribution in [2.24, 2.45) is 0 Å².